The number of carbonyl (C=O) groups excluding carboxylic acids is 1. The first-order chi connectivity index (χ1) is 8.08. The molecule has 0 aromatic heterocycles. The predicted molar refractivity (Wildman–Crippen MR) is 65.7 cm³/mol. The molecular formula is C14H24O3. The van der Waals surface area contributed by atoms with Crippen LogP contribution in [0.1, 0.15) is 59.3 Å². The average Bonchev–Trinajstić information content (AvgIpc) is 2.81. The standard InChI is InChI=1S/C14H24O3/c1-4-9-14(12(15)16-5-2)13(3,17-14)10-11-7-6-8-11/h11H,4-10H2,1-3H3. The van der Waals surface area contributed by atoms with Gasteiger partial charge in [0.1, 0.15) is 5.60 Å². The fourth-order valence-electron chi connectivity index (χ4n) is 3.09. The van der Waals surface area contributed by atoms with E-state index in [4.69, 9.17) is 9.47 Å². The van der Waals surface area contributed by atoms with Crippen molar-refractivity contribution in [3.8, 4) is 0 Å². The normalized spacial score (nSPS) is 36.4. The molecule has 3 nitrogen and oxygen atoms in total. The minimum Gasteiger partial charge on any atom is -0.464 e. The van der Waals surface area contributed by atoms with Gasteiger partial charge in [-0.3, -0.25) is 0 Å². The molecule has 2 atom stereocenters. The van der Waals surface area contributed by atoms with Crippen LogP contribution in [0.25, 0.3) is 0 Å². The maximum atomic E-state index is 12.1. The predicted octanol–water partition coefficient (Wildman–Crippen LogP) is 3.07. The minimum atomic E-state index is -0.632. The van der Waals surface area contributed by atoms with Crippen molar-refractivity contribution in [2.75, 3.05) is 6.61 Å². The first-order valence-electron chi connectivity index (χ1n) is 6.95. The van der Waals surface area contributed by atoms with E-state index in [0.29, 0.717) is 6.61 Å². The summed E-state index contributed by atoms with van der Waals surface area (Å²) in [6.07, 6.45) is 6.69. The highest BCUT2D eigenvalue weighted by atomic mass is 16.7. The molecule has 2 unspecified atom stereocenters. The summed E-state index contributed by atoms with van der Waals surface area (Å²) in [5.41, 5.74) is -0.895. The number of rotatable bonds is 6. The SMILES string of the molecule is CCCC1(C(=O)OCC)OC1(C)CC1CCC1. The lowest BCUT2D eigenvalue weighted by Crippen LogP contribution is -2.36. The van der Waals surface area contributed by atoms with Crippen molar-refractivity contribution in [3.63, 3.8) is 0 Å². The Bertz CT molecular complexity index is 298. The van der Waals surface area contributed by atoms with Gasteiger partial charge < -0.3 is 9.47 Å². The third-order valence-corrected chi connectivity index (χ3v) is 4.32. The van der Waals surface area contributed by atoms with Gasteiger partial charge in [-0.15, -0.1) is 0 Å². The second kappa shape index (κ2) is 4.60. The van der Waals surface area contributed by atoms with E-state index in [2.05, 4.69) is 13.8 Å². The van der Waals surface area contributed by atoms with Crippen molar-refractivity contribution in [1.82, 2.24) is 0 Å². The summed E-state index contributed by atoms with van der Waals surface area (Å²) in [5.74, 6) is 0.608. The van der Waals surface area contributed by atoms with Crippen molar-refractivity contribution < 1.29 is 14.3 Å². The van der Waals surface area contributed by atoms with Crippen LogP contribution >= 0.6 is 0 Å². The van der Waals surface area contributed by atoms with Crippen LogP contribution in [0.4, 0.5) is 0 Å². The first kappa shape index (κ1) is 12.9. The molecule has 3 heteroatoms. The zero-order chi connectivity index (χ0) is 12.5. The van der Waals surface area contributed by atoms with Crippen LogP contribution in [0.2, 0.25) is 0 Å². The average molecular weight is 240 g/mol. The van der Waals surface area contributed by atoms with Gasteiger partial charge in [0.15, 0.2) is 5.60 Å². The Morgan fingerprint density at radius 1 is 1.41 bits per heavy atom. The van der Waals surface area contributed by atoms with Gasteiger partial charge in [0.25, 0.3) is 0 Å². The minimum absolute atomic E-state index is 0.149. The van der Waals surface area contributed by atoms with Crippen molar-refractivity contribution in [2.24, 2.45) is 5.92 Å². The van der Waals surface area contributed by atoms with Gasteiger partial charge in [-0.05, 0) is 32.6 Å². The molecule has 1 aliphatic carbocycles. The molecule has 17 heavy (non-hydrogen) atoms. The van der Waals surface area contributed by atoms with Crippen molar-refractivity contribution in [3.05, 3.63) is 0 Å². The lowest BCUT2D eigenvalue weighted by Gasteiger charge is -2.28. The van der Waals surface area contributed by atoms with Gasteiger partial charge in [0.2, 0.25) is 0 Å². The molecule has 0 spiro atoms. The van der Waals surface area contributed by atoms with Crippen LogP contribution in [0.15, 0.2) is 0 Å². The summed E-state index contributed by atoms with van der Waals surface area (Å²) >= 11 is 0. The van der Waals surface area contributed by atoms with Crippen LogP contribution in [-0.4, -0.2) is 23.8 Å². The topological polar surface area (TPSA) is 38.8 Å². The molecule has 0 bridgehead atoms. The Morgan fingerprint density at radius 3 is 2.59 bits per heavy atom. The Kier molecular flexibility index (Phi) is 3.48. The molecule has 1 saturated heterocycles. The second-order valence-electron chi connectivity index (χ2n) is 5.63. The highest BCUT2D eigenvalue weighted by Gasteiger charge is 2.72. The number of esters is 1. The van der Waals surface area contributed by atoms with Gasteiger partial charge in [-0.25, -0.2) is 4.79 Å². The Balaban J connectivity index is 2.01. The van der Waals surface area contributed by atoms with E-state index in [9.17, 15) is 4.79 Å². The maximum absolute atomic E-state index is 12.1. The van der Waals surface area contributed by atoms with E-state index in [1.54, 1.807) is 0 Å². The highest BCUT2D eigenvalue weighted by Crippen LogP contribution is 2.57. The number of ether oxygens (including phenoxy) is 2. The van der Waals surface area contributed by atoms with Gasteiger partial charge >= 0.3 is 5.97 Å². The lowest BCUT2D eigenvalue weighted by molar-refractivity contribution is -0.149. The molecule has 0 aromatic carbocycles. The van der Waals surface area contributed by atoms with Gasteiger partial charge in [-0.2, -0.15) is 0 Å². The number of carbonyl (C=O) groups is 1. The van der Waals surface area contributed by atoms with Crippen LogP contribution in [-0.2, 0) is 14.3 Å². The van der Waals surface area contributed by atoms with Crippen LogP contribution in [0, 0.1) is 5.92 Å². The summed E-state index contributed by atoms with van der Waals surface area (Å²) in [7, 11) is 0. The smallest absolute Gasteiger partial charge is 0.341 e. The third kappa shape index (κ3) is 2.10. The summed E-state index contributed by atoms with van der Waals surface area (Å²) in [5, 5.41) is 0. The molecular weight excluding hydrogens is 216 g/mol. The van der Waals surface area contributed by atoms with Crippen LogP contribution in [0.3, 0.4) is 0 Å². The quantitative estimate of drug-likeness (QED) is 0.529. The van der Waals surface area contributed by atoms with E-state index < -0.39 is 5.60 Å². The van der Waals surface area contributed by atoms with Crippen molar-refractivity contribution in [1.29, 1.82) is 0 Å². The van der Waals surface area contributed by atoms with Crippen molar-refractivity contribution in [2.45, 2.75) is 70.5 Å². The molecule has 0 N–H and O–H groups in total. The summed E-state index contributed by atoms with van der Waals surface area (Å²) in [4.78, 5) is 12.1. The fraction of sp³-hybridized carbons (Fsp3) is 0.929. The first-order valence-corrected chi connectivity index (χ1v) is 6.95. The van der Waals surface area contributed by atoms with Gasteiger partial charge in [0.05, 0.1) is 6.61 Å². The third-order valence-electron chi connectivity index (χ3n) is 4.32. The molecule has 98 valence electrons. The summed E-state index contributed by atoms with van der Waals surface area (Å²) < 4.78 is 11.1. The number of hydrogen-bond donors (Lipinski definition) is 0. The molecule has 0 amide bonds. The van der Waals surface area contributed by atoms with Gasteiger partial charge in [0, 0.05) is 0 Å². The van der Waals surface area contributed by atoms with E-state index in [-0.39, 0.29) is 11.6 Å². The van der Waals surface area contributed by atoms with E-state index in [1.807, 2.05) is 6.92 Å². The highest BCUT2D eigenvalue weighted by molar-refractivity contribution is 5.84. The number of hydrogen-bond acceptors (Lipinski definition) is 3. The van der Waals surface area contributed by atoms with E-state index in [0.717, 1.165) is 25.2 Å². The zero-order valence-electron chi connectivity index (χ0n) is 11.3. The molecule has 2 aliphatic rings. The molecule has 2 rings (SSSR count). The van der Waals surface area contributed by atoms with E-state index in [1.165, 1.54) is 19.3 Å². The van der Waals surface area contributed by atoms with Crippen LogP contribution < -0.4 is 0 Å². The molecule has 0 radical (unpaired) electrons. The fourth-order valence-corrected chi connectivity index (χ4v) is 3.09. The second-order valence-corrected chi connectivity index (χ2v) is 5.63. The molecule has 1 heterocycles. The van der Waals surface area contributed by atoms with Crippen molar-refractivity contribution >= 4 is 5.97 Å². The van der Waals surface area contributed by atoms with E-state index >= 15 is 0 Å². The Hall–Kier alpha value is -0.570. The van der Waals surface area contributed by atoms with Crippen LogP contribution in [0.5, 0.6) is 0 Å². The Labute approximate surface area is 104 Å². The van der Waals surface area contributed by atoms with Gasteiger partial charge in [-0.1, -0.05) is 32.6 Å². The number of epoxide rings is 1. The zero-order valence-corrected chi connectivity index (χ0v) is 11.3. The molecule has 0 aromatic rings. The molecule has 2 fully saturated rings. The monoisotopic (exact) mass is 240 g/mol. The summed E-state index contributed by atoms with van der Waals surface area (Å²) in [6.45, 7) is 6.46. The molecule has 1 aliphatic heterocycles. The summed E-state index contributed by atoms with van der Waals surface area (Å²) in [6, 6.07) is 0. The maximum Gasteiger partial charge on any atom is 0.341 e. The largest absolute Gasteiger partial charge is 0.464 e. The lowest BCUT2D eigenvalue weighted by atomic mass is 9.75. The Morgan fingerprint density at radius 2 is 2.12 bits per heavy atom. The molecule has 1 saturated carbocycles.